The molecular weight excluding hydrogens is 745 g/mol. The Balaban J connectivity index is 3.24. The molecule has 0 radical (unpaired) electrons. The zero-order chi connectivity index (χ0) is 31.3. The summed E-state index contributed by atoms with van der Waals surface area (Å²) in [7, 11) is 0. The maximum atomic E-state index is 11.7. The zero-order valence-corrected chi connectivity index (χ0v) is 30.5. The predicted molar refractivity (Wildman–Crippen MR) is 191 cm³/mol. The number of alkyl carbamates (subject to hydrolysis) is 2. The van der Waals surface area contributed by atoms with Crippen molar-refractivity contribution in [3.63, 3.8) is 0 Å². The lowest BCUT2D eigenvalue weighted by atomic mass is 10.8. The van der Waals surface area contributed by atoms with E-state index in [1.807, 2.05) is 0 Å². The first kappa shape index (κ1) is 43.5. The minimum Gasteiger partial charge on any atom is -0.447 e. The summed E-state index contributed by atoms with van der Waals surface area (Å²) in [6, 6.07) is 0. The molecule has 0 fully saturated rings. The van der Waals surface area contributed by atoms with E-state index >= 15 is 0 Å². The van der Waals surface area contributed by atoms with E-state index in [0.29, 0.717) is 35.4 Å². The fourth-order valence-corrected chi connectivity index (χ4v) is 10.0. The van der Waals surface area contributed by atoms with Crippen LogP contribution in [0.2, 0.25) is 0 Å². The molecule has 0 aromatic heterocycles. The molecule has 0 aliphatic rings. The van der Waals surface area contributed by atoms with Gasteiger partial charge in [-0.2, -0.15) is 9.78 Å². The van der Waals surface area contributed by atoms with Crippen LogP contribution in [0.15, 0.2) is 9.98 Å². The number of carbonyl (C=O) groups is 2. The van der Waals surface area contributed by atoms with Crippen LogP contribution in [0.25, 0.3) is 0 Å². The van der Waals surface area contributed by atoms with Crippen LogP contribution >= 0.6 is 106 Å². The minimum absolute atomic E-state index is 0.00149. The first-order chi connectivity index (χ1) is 21.2. The molecule has 0 saturated heterocycles. The van der Waals surface area contributed by atoms with Crippen molar-refractivity contribution in [2.75, 3.05) is 92.3 Å². The highest BCUT2D eigenvalue weighted by Crippen LogP contribution is 2.19. The quantitative estimate of drug-likeness (QED) is 0.0187. The number of rotatable bonds is 32. The van der Waals surface area contributed by atoms with Crippen molar-refractivity contribution in [1.29, 1.82) is 0 Å². The molecule has 14 nitrogen and oxygen atoms in total. The number of hydrogen-bond acceptors (Lipinski definition) is 21. The predicted octanol–water partition coefficient (Wildman–Crippen LogP) is 4.47. The van der Waals surface area contributed by atoms with E-state index in [-0.39, 0.29) is 26.4 Å². The Labute approximate surface area is 290 Å². The number of nitrogens with zero attached hydrogens (tertiary/aromatic N) is 2. The summed E-state index contributed by atoms with van der Waals surface area (Å²) in [5.74, 6) is 2.72. The summed E-state index contributed by atoms with van der Waals surface area (Å²) < 4.78 is 9.80. The summed E-state index contributed by atoms with van der Waals surface area (Å²) in [5.41, 5.74) is 0. The largest absolute Gasteiger partial charge is 0.447 e. The molecule has 0 spiro atoms. The first-order valence-electron chi connectivity index (χ1n) is 12.0. The van der Waals surface area contributed by atoms with Crippen LogP contribution < -0.4 is 10.6 Å². The maximum Gasteiger partial charge on any atom is 0.408 e. The summed E-state index contributed by atoms with van der Waals surface area (Å²) in [6.07, 6.45) is 1.54. The van der Waals surface area contributed by atoms with E-state index in [0.717, 1.165) is 30.5 Å². The SMILES string of the molecule is O=C(NCSCSCSC/N=C/OOCSCSCSCOC(=O)NCSCSCSC/N=C\OOCCO)OCCO. The van der Waals surface area contributed by atoms with E-state index in [4.69, 9.17) is 24.7 Å². The van der Waals surface area contributed by atoms with Gasteiger partial charge in [0.2, 0.25) is 12.8 Å². The number of thioether (sulfide) groups is 9. The van der Waals surface area contributed by atoms with Crippen LogP contribution in [-0.2, 0) is 29.0 Å². The van der Waals surface area contributed by atoms with Crippen LogP contribution in [0.1, 0.15) is 0 Å². The standard InChI is InChI=1S/C20H38N4O10S9/c25-1-3-29-19(27)23-9-37-15-41-14-36-8-22-6-33-34-12-40-18-43-17-39-11-30-20(28)24-10-38-16-42-13-35-7-21-5-32-31-4-2-26/h5-6,25-26H,1-4,7-18H2,(H,23,27)(H,24,28)/b21-5-,22-6+. The van der Waals surface area contributed by atoms with Gasteiger partial charge >= 0.3 is 12.2 Å². The Morgan fingerprint density at radius 1 is 0.581 bits per heavy atom. The fourth-order valence-electron chi connectivity index (χ4n) is 1.67. The van der Waals surface area contributed by atoms with Gasteiger partial charge < -0.3 is 40.1 Å². The van der Waals surface area contributed by atoms with Crippen molar-refractivity contribution >= 4 is 131 Å². The smallest absolute Gasteiger partial charge is 0.408 e. The molecule has 43 heavy (non-hydrogen) atoms. The van der Waals surface area contributed by atoms with Crippen LogP contribution in [0, 0.1) is 0 Å². The molecule has 0 aliphatic heterocycles. The van der Waals surface area contributed by atoms with Crippen LogP contribution in [-0.4, -0.2) is 128 Å². The Kier molecular flexibility index (Phi) is 39.1. The lowest BCUT2D eigenvalue weighted by molar-refractivity contribution is -0.221. The number of ether oxygens (including phenoxy) is 2. The summed E-state index contributed by atoms with van der Waals surface area (Å²) >= 11 is 14.6. The average molecular weight is 783 g/mol. The highest BCUT2D eigenvalue weighted by molar-refractivity contribution is 8.23. The van der Waals surface area contributed by atoms with Crippen LogP contribution in [0.5, 0.6) is 0 Å². The van der Waals surface area contributed by atoms with Gasteiger partial charge in [0.15, 0.2) is 0 Å². The number of aliphatic hydroxyl groups excluding tert-OH is 2. The van der Waals surface area contributed by atoms with Gasteiger partial charge in [-0.3, -0.25) is 0 Å². The number of carbonyl (C=O) groups excluding carboxylic acids is 2. The second-order valence-corrected chi connectivity index (χ2v) is 17.3. The number of amides is 2. The van der Waals surface area contributed by atoms with E-state index < -0.39 is 12.2 Å². The molecule has 0 heterocycles. The molecule has 0 unspecified atom stereocenters. The Bertz CT molecular complexity index is 697. The second kappa shape index (κ2) is 38.7. The summed E-state index contributed by atoms with van der Waals surface area (Å²) in [4.78, 5) is 50.0. The van der Waals surface area contributed by atoms with Gasteiger partial charge in [0, 0.05) is 30.5 Å². The third kappa shape index (κ3) is 38.6. The molecule has 0 aliphatic carbocycles. The number of nitrogens with one attached hydrogen (secondary N) is 2. The number of aliphatic imine (C=N–C) groups is 2. The molecule has 0 bridgehead atoms. The monoisotopic (exact) mass is 782 g/mol. The molecule has 0 aromatic rings. The van der Waals surface area contributed by atoms with E-state index in [1.165, 1.54) is 24.6 Å². The Morgan fingerprint density at radius 3 is 1.65 bits per heavy atom. The minimum atomic E-state index is -0.527. The molecular formula is C20H38N4O10S9. The van der Waals surface area contributed by atoms with Gasteiger partial charge in [0.25, 0.3) is 0 Å². The lowest BCUT2D eigenvalue weighted by Gasteiger charge is -2.06. The third-order valence-corrected chi connectivity index (χ3v) is 13.2. The van der Waals surface area contributed by atoms with Crippen molar-refractivity contribution in [2.24, 2.45) is 9.98 Å². The van der Waals surface area contributed by atoms with Gasteiger partial charge in [0.05, 0.1) is 36.7 Å². The van der Waals surface area contributed by atoms with E-state index in [9.17, 15) is 9.59 Å². The van der Waals surface area contributed by atoms with E-state index in [1.54, 1.807) is 94.1 Å². The zero-order valence-electron chi connectivity index (χ0n) is 23.2. The summed E-state index contributed by atoms with van der Waals surface area (Å²) in [6.45, 7) is -0.179. The van der Waals surface area contributed by atoms with Gasteiger partial charge in [-0.15, -0.1) is 106 Å². The highest BCUT2D eigenvalue weighted by Gasteiger charge is 2.02. The molecule has 2 amide bonds. The normalized spacial score (nSPS) is 11.2. The van der Waals surface area contributed by atoms with Crippen molar-refractivity contribution in [3.05, 3.63) is 0 Å². The fraction of sp³-hybridized carbons (Fsp3) is 0.800. The van der Waals surface area contributed by atoms with Crippen LogP contribution in [0.4, 0.5) is 9.59 Å². The van der Waals surface area contributed by atoms with Gasteiger partial charge in [-0.1, -0.05) is 0 Å². The van der Waals surface area contributed by atoms with Crippen molar-refractivity contribution < 1.29 is 48.8 Å². The van der Waals surface area contributed by atoms with Crippen LogP contribution in [0.3, 0.4) is 0 Å². The maximum absolute atomic E-state index is 11.7. The third-order valence-electron chi connectivity index (χ3n) is 3.24. The van der Waals surface area contributed by atoms with Gasteiger partial charge in [-0.25, -0.2) is 19.6 Å². The van der Waals surface area contributed by atoms with E-state index in [2.05, 4.69) is 35.1 Å². The van der Waals surface area contributed by atoms with Crippen molar-refractivity contribution in [2.45, 2.75) is 0 Å². The van der Waals surface area contributed by atoms with Gasteiger partial charge in [-0.05, 0) is 0 Å². The topological polar surface area (TPSA) is 179 Å². The molecule has 4 N–H and O–H groups in total. The molecule has 23 heteroatoms. The van der Waals surface area contributed by atoms with Gasteiger partial charge in [0.1, 0.15) is 25.1 Å². The first-order valence-corrected chi connectivity index (χ1v) is 22.4. The number of aliphatic hydroxyl groups is 2. The number of hydrogen-bond donors (Lipinski definition) is 4. The van der Waals surface area contributed by atoms with Crippen molar-refractivity contribution in [1.82, 2.24) is 10.6 Å². The molecule has 0 atom stereocenters. The molecule has 252 valence electrons. The average Bonchev–Trinajstić information content (AvgIpc) is 3.01. The Morgan fingerprint density at radius 2 is 1.07 bits per heavy atom. The van der Waals surface area contributed by atoms with Crippen molar-refractivity contribution in [3.8, 4) is 0 Å². The second-order valence-electron chi connectivity index (χ2n) is 6.40. The highest BCUT2D eigenvalue weighted by atomic mass is 32.2. The molecule has 0 aromatic carbocycles. The Hall–Kier alpha value is 0.470. The lowest BCUT2D eigenvalue weighted by Crippen LogP contribution is -2.24. The molecule has 0 rings (SSSR count). The summed E-state index contributed by atoms with van der Waals surface area (Å²) in [5, 5.41) is 27.3. The molecule has 0 saturated carbocycles.